The van der Waals surface area contributed by atoms with E-state index in [-0.39, 0.29) is 5.78 Å². The molecule has 1 aromatic heterocycles. The maximum Gasteiger partial charge on any atom is 0.193 e. The molecule has 0 unspecified atom stereocenters. The van der Waals surface area contributed by atoms with E-state index in [1.165, 1.54) is 5.56 Å². The predicted molar refractivity (Wildman–Crippen MR) is 88.9 cm³/mol. The molecular weight excluding hydrogens is 270 g/mol. The minimum atomic E-state index is 0.0421. The summed E-state index contributed by atoms with van der Waals surface area (Å²) in [4.78, 5) is 17.0. The topological polar surface area (TPSA) is 30.0 Å². The Labute approximate surface area is 130 Å². The van der Waals surface area contributed by atoms with E-state index in [4.69, 9.17) is 0 Å². The molecule has 0 atom stereocenters. The van der Waals surface area contributed by atoms with Crippen molar-refractivity contribution in [3.63, 3.8) is 0 Å². The molecule has 0 N–H and O–H groups in total. The van der Waals surface area contributed by atoms with Gasteiger partial charge >= 0.3 is 0 Å². The standard InChI is InChI=1S/C20H17NO/c1-2-15-11-12-17(20(22)16-8-4-3-5-9-16)14-18(15)19-10-6-7-13-21-19/h3-14H,2H2,1H3. The monoisotopic (exact) mass is 287 g/mol. The molecule has 0 fully saturated rings. The molecule has 0 aliphatic heterocycles. The van der Waals surface area contributed by atoms with Crippen molar-refractivity contribution in [1.29, 1.82) is 0 Å². The number of hydrogen-bond donors (Lipinski definition) is 0. The molecule has 0 radical (unpaired) electrons. The van der Waals surface area contributed by atoms with Gasteiger partial charge in [-0.1, -0.05) is 55.5 Å². The number of ketones is 1. The molecule has 0 aliphatic rings. The molecule has 2 nitrogen and oxygen atoms in total. The molecule has 2 heteroatoms. The minimum absolute atomic E-state index is 0.0421. The fourth-order valence-electron chi connectivity index (χ4n) is 2.54. The van der Waals surface area contributed by atoms with Gasteiger partial charge in [0, 0.05) is 22.9 Å². The number of carbonyl (C=O) groups excluding carboxylic acids is 1. The van der Waals surface area contributed by atoms with E-state index in [0.717, 1.165) is 17.7 Å². The third kappa shape index (κ3) is 2.82. The van der Waals surface area contributed by atoms with Crippen molar-refractivity contribution in [3.8, 4) is 11.3 Å². The number of aryl methyl sites for hydroxylation is 1. The van der Waals surface area contributed by atoms with Crippen LogP contribution in [0.15, 0.2) is 72.9 Å². The first-order valence-corrected chi connectivity index (χ1v) is 7.43. The van der Waals surface area contributed by atoms with Gasteiger partial charge in [0.1, 0.15) is 0 Å². The van der Waals surface area contributed by atoms with Gasteiger partial charge in [-0.05, 0) is 30.2 Å². The van der Waals surface area contributed by atoms with Gasteiger partial charge in [-0.2, -0.15) is 0 Å². The summed E-state index contributed by atoms with van der Waals surface area (Å²) < 4.78 is 0. The van der Waals surface area contributed by atoms with Gasteiger partial charge in [-0.3, -0.25) is 9.78 Å². The summed E-state index contributed by atoms with van der Waals surface area (Å²) in [5.41, 5.74) is 4.54. The highest BCUT2D eigenvalue weighted by molar-refractivity contribution is 6.09. The molecule has 0 saturated carbocycles. The largest absolute Gasteiger partial charge is 0.289 e. The average molecular weight is 287 g/mol. The summed E-state index contributed by atoms with van der Waals surface area (Å²) in [7, 11) is 0. The smallest absolute Gasteiger partial charge is 0.193 e. The number of carbonyl (C=O) groups is 1. The second-order valence-corrected chi connectivity index (χ2v) is 5.14. The Morgan fingerprint density at radius 3 is 2.36 bits per heavy atom. The summed E-state index contributed by atoms with van der Waals surface area (Å²) >= 11 is 0. The molecule has 3 aromatic rings. The molecule has 0 spiro atoms. The number of hydrogen-bond acceptors (Lipinski definition) is 2. The van der Waals surface area contributed by atoms with Crippen molar-refractivity contribution < 1.29 is 4.79 Å². The van der Waals surface area contributed by atoms with Crippen molar-refractivity contribution >= 4 is 5.78 Å². The minimum Gasteiger partial charge on any atom is -0.289 e. The summed E-state index contributed by atoms with van der Waals surface area (Å²) in [6, 6.07) is 21.1. The first kappa shape index (κ1) is 14.2. The van der Waals surface area contributed by atoms with Crippen molar-refractivity contribution in [1.82, 2.24) is 4.98 Å². The third-order valence-electron chi connectivity index (χ3n) is 3.73. The van der Waals surface area contributed by atoms with Crippen LogP contribution in [0.5, 0.6) is 0 Å². The molecule has 2 aromatic carbocycles. The molecule has 108 valence electrons. The molecule has 1 heterocycles. The van der Waals surface area contributed by atoms with E-state index in [2.05, 4.69) is 11.9 Å². The number of rotatable bonds is 4. The maximum atomic E-state index is 12.6. The van der Waals surface area contributed by atoms with Crippen LogP contribution >= 0.6 is 0 Å². The van der Waals surface area contributed by atoms with Gasteiger partial charge in [0.15, 0.2) is 5.78 Å². The molecule has 0 saturated heterocycles. The van der Waals surface area contributed by atoms with Gasteiger partial charge in [-0.15, -0.1) is 0 Å². The summed E-state index contributed by atoms with van der Waals surface area (Å²) in [5, 5.41) is 0. The summed E-state index contributed by atoms with van der Waals surface area (Å²) in [6.07, 6.45) is 2.69. The van der Waals surface area contributed by atoms with Gasteiger partial charge < -0.3 is 0 Å². The van der Waals surface area contributed by atoms with Crippen LogP contribution in [0.1, 0.15) is 28.4 Å². The van der Waals surface area contributed by atoms with Crippen molar-refractivity contribution in [3.05, 3.63) is 89.6 Å². The fourth-order valence-corrected chi connectivity index (χ4v) is 2.54. The second-order valence-electron chi connectivity index (χ2n) is 5.14. The van der Waals surface area contributed by atoms with E-state index in [9.17, 15) is 4.79 Å². The average Bonchev–Trinajstić information content (AvgIpc) is 2.62. The van der Waals surface area contributed by atoms with Crippen LogP contribution in [0.2, 0.25) is 0 Å². The number of nitrogens with zero attached hydrogens (tertiary/aromatic N) is 1. The summed E-state index contributed by atoms with van der Waals surface area (Å²) in [6.45, 7) is 2.11. The number of aromatic nitrogens is 1. The van der Waals surface area contributed by atoms with E-state index in [1.54, 1.807) is 6.20 Å². The highest BCUT2D eigenvalue weighted by Gasteiger charge is 2.12. The SMILES string of the molecule is CCc1ccc(C(=O)c2ccccc2)cc1-c1ccccn1. The van der Waals surface area contributed by atoms with Crippen LogP contribution in [-0.2, 0) is 6.42 Å². The molecule has 3 rings (SSSR count). The Morgan fingerprint density at radius 1 is 0.909 bits per heavy atom. The zero-order valence-electron chi connectivity index (χ0n) is 12.5. The van der Waals surface area contributed by atoms with Crippen LogP contribution in [0.25, 0.3) is 11.3 Å². The third-order valence-corrected chi connectivity index (χ3v) is 3.73. The maximum absolute atomic E-state index is 12.6. The lowest BCUT2D eigenvalue weighted by molar-refractivity contribution is 0.103. The molecule has 0 amide bonds. The lowest BCUT2D eigenvalue weighted by Crippen LogP contribution is -2.02. The van der Waals surface area contributed by atoms with Crippen molar-refractivity contribution in [2.75, 3.05) is 0 Å². The Bertz CT molecular complexity index is 779. The normalized spacial score (nSPS) is 10.4. The lowest BCUT2D eigenvalue weighted by atomic mass is 9.95. The van der Waals surface area contributed by atoms with Gasteiger partial charge in [-0.25, -0.2) is 0 Å². The Kier molecular flexibility index (Phi) is 4.10. The molecule has 0 bridgehead atoms. The quantitative estimate of drug-likeness (QED) is 0.659. The van der Waals surface area contributed by atoms with Gasteiger partial charge in [0.2, 0.25) is 0 Å². The second kappa shape index (κ2) is 6.35. The highest BCUT2D eigenvalue weighted by atomic mass is 16.1. The first-order chi connectivity index (χ1) is 10.8. The molecular formula is C20H17NO. The zero-order chi connectivity index (χ0) is 15.4. The van der Waals surface area contributed by atoms with Crippen molar-refractivity contribution in [2.24, 2.45) is 0 Å². The van der Waals surface area contributed by atoms with Crippen LogP contribution in [0.3, 0.4) is 0 Å². The van der Waals surface area contributed by atoms with Crippen LogP contribution in [-0.4, -0.2) is 10.8 Å². The van der Waals surface area contributed by atoms with Crippen molar-refractivity contribution in [2.45, 2.75) is 13.3 Å². The van der Waals surface area contributed by atoms with Gasteiger partial charge in [0.25, 0.3) is 0 Å². The highest BCUT2D eigenvalue weighted by Crippen LogP contribution is 2.25. The number of pyridine rings is 1. The predicted octanol–water partition coefficient (Wildman–Crippen LogP) is 4.54. The van der Waals surface area contributed by atoms with E-state index in [1.807, 2.05) is 66.7 Å². The zero-order valence-corrected chi connectivity index (χ0v) is 12.5. The Balaban J connectivity index is 2.06. The van der Waals surface area contributed by atoms with E-state index in [0.29, 0.717) is 11.1 Å². The van der Waals surface area contributed by atoms with E-state index >= 15 is 0 Å². The van der Waals surface area contributed by atoms with Crippen LogP contribution < -0.4 is 0 Å². The lowest BCUT2D eigenvalue weighted by Gasteiger charge is -2.10. The summed E-state index contributed by atoms with van der Waals surface area (Å²) in [5.74, 6) is 0.0421. The molecule has 0 aliphatic carbocycles. The van der Waals surface area contributed by atoms with E-state index < -0.39 is 0 Å². The Morgan fingerprint density at radius 2 is 1.68 bits per heavy atom. The Hall–Kier alpha value is -2.74. The number of benzene rings is 2. The van der Waals surface area contributed by atoms with Crippen LogP contribution in [0.4, 0.5) is 0 Å². The molecule has 22 heavy (non-hydrogen) atoms. The first-order valence-electron chi connectivity index (χ1n) is 7.43. The van der Waals surface area contributed by atoms with Crippen LogP contribution in [0, 0.1) is 0 Å². The van der Waals surface area contributed by atoms with Gasteiger partial charge in [0.05, 0.1) is 5.69 Å². The fraction of sp³-hybridized carbons (Fsp3) is 0.100.